The van der Waals surface area contributed by atoms with Gasteiger partial charge < -0.3 is 0 Å². The number of nitrogens with zero attached hydrogens (tertiary/aromatic N) is 2. The van der Waals surface area contributed by atoms with Gasteiger partial charge >= 0.3 is 0 Å². The molecular formula is C17H13N3O4S. The first kappa shape index (κ1) is 16.6. The molecule has 126 valence electrons. The van der Waals surface area contributed by atoms with E-state index in [1.54, 1.807) is 12.1 Å². The van der Waals surface area contributed by atoms with E-state index >= 15 is 0 Å². The number of nitro groups is 1. The zero-order valence-electron chi connectivity index (χ0n) is 12.9. The van der Waals surface area contributed by atoms with Gasteiger partial charge in [0.05, 0.1) is 16.0 Å². The molecule has 8 heteroatoms. The summed E-state index contributed by atoms with van der Waals surface area (Å²) in [6, 6.07) is 17.8. The minimum atomic E-state index is -3.80. The topological polar surface area (TPSA) is 102 Å². The number of nitrogens with one attached hydrogen (secondary N) is 1. The third kappa shape index (κ3) is 3.81. The van der Waals surface area contributed by atoms with Gasteiger partial charge in [-0.25, -0.2) is 4.83 Å². The van der Waals surface area contributed by atoms with Gasteiger partial charge in [0.25, 0.3) is 15.7 Å². The summed E-state index contributed by atoms with van der Waals surface area (Å²) in [5.41, 5.74) is 0.487. The van der Waals surface area contributed by atoms with Crippen LogP contribution in [0.25, 0.3) is 10.8 Å². The van der Waals surface area contributed by atoms with Crippen LogP contribution in [-0.4, -0.2) is 19.6 Å². The predicted molar refractivity (Wildman–Crippen MR) is 95.0 cm³/mol. The van der Waals surface area contributed by atoms with Crippen molar-refractivity contribution in [2.75, 3.05) is 0 Å². The van der Waals surface area contributed by atoms with Crippen molar-refractivity contribution in [2.24, 2.45) is 5.10 Å². The van der Waals surface area contributed by atoms with Crippen molar-refractivity contribution in [1.82, 2.24) is 4.83 Å². The molecule has 0 saturated carbocycles. The Morgan fingerprint density at radius 3 is 2.32 bits per heavy atom. The molecule has 25 heavy (non-hydrogen) atoms. The Kier molecular flexibility index (Phi) is 4.44. The standard InChI is InChI=1S/C17H13N3O4S/c21-20(22)16-8-5-13(6-9-16)12-18-19-25(23,24)17-10-7-14-3-1-2-4-15(14)11-17/h1-12,19H/b18-12-. The van der Waals surface area contributed by atoms with Crippen LogP contribution in [0.1, 0.15) is 5.56 Å². The maximum atomic E-state index is 12.3. The molecule has 0 radical (unpaired) electrons. The highest BCUT2D eigenvalue weighted by molar-refractivity contribution is 7.89. The van der Waals surface area contributed by atoms with Crippen molar-refractivity contribution < 1.29 is 13.3 Å². The van der Waals surface area contributed by atoms with Gasteiger partial charge in [0, 0.05) is 12.1 Å². The number of nitro benzene ring substituents is 1. The third-order valence-electron chi connectivity index (χ3n) is 3.52. The Bertz CT molecular complexity index is 1060. The number of non-ortho nitro benzene ring substituents is 1. The maximum absolute atomic E-state index is 12.3. The van der Waals surface area contributed by atoms with E-state index < -0.39 is 14.9 Å². The number of rotatable bonds is 5. The van der Waals surface area contributed by atoms with Crippen molar-refractivity contribution in [1.29, 1.82) is 0 Å². The highest BCUT2D eigenvalue weighted by Crippen LogP contribution is 2.18. The number of hydrogen-bond acceptors (Lipinski definition) is 5. The van der Waals surface area contributed by atoms with E-state index in [0.717, 1.165) is 10.8 Å². The molecular weight excluding hydrogens is 342 g/mol. The minimum Gasteiger partial charge on any atom is -0.258 e. The fraction of sp³-hybridized carbons (Fsp3) is 0. The van der Waals surface area contributed by atoms with E-state index in [9.17, 15) is 18.5 Å². The summed E-state index contributed by atoms with van der Waals surface area (Å²) in [6.07, 6.45) is 1.28. The van der Waals surface area contributed by atoms with Gasteiger partial charge in [0.1, 0.15) is 0 Å². The zero-order valence-corrected chi connectivity index (χ0v) is 13.7. The van der Waals surface area contributed by atoms with E-state index in [2.05, 4.69) is 9.93 Å². The first-order chi connectivity index (χ1) is 12.0. The van der Waals surface area contributed by atoms with Crippen molar-refractivity contribution >= 4 is 32.7 Å². The van der Waals surface area contributed by atoms with Crippen LogP contribution < -0.4 is 4.83 Å². The lowest BCUT2D eigenvalue weighted by molar-refractivity contribution is -0.384. The molecule has 3 aromatic carbocycles. The SMILES string of the molecule is O=[N+]([O-])c1ccc(/C=N\NS(=O)(=O)c2ccc3ccccc3c2)cc1. The van der Waals surface area contributed by atoms with Crippen LogP contribution in [0.15, 0.2) is 76.7 Å². The van der Waals surface area contributed by atoms with Gasteiger partial charge in [0.2, 0.25) is 0 Å². The summed E-state index contributed by atoms with van der Waals surface area (Å²) in [4.78, 5) is 12.3. The highest BCUT2D eigenvalue weighted by Gasteiger charge is 2.13. The number of benzene rings is 3. The molecule has 0 bridgehead atoms. The molecule has 0 aliphatic rings. The fourth-order valence-electron chi connectivity index (χ4n) is 2.24. The van der Waals surface area contributed by atoms with Crippen LogP contribution in [-0.2, 0) is 10.0 Å². The van der Waals surface area contributed by atoms with E-state index in [1.807, 2.05) is 24.3 Å². The van der Waals surface area contributed by atoms with E-state index in [1.165, 1.54) is 36.5 Å². The second-order valence-corrected chi connectivity index (χ2v) is 6.87. The van der Waals surface area contributed by atoms with Crippen LogP contribution >= 0.6 is 0 Å². The molecule has 0 spiro atoms. The Hall–Kier alpha value is -3.26. The number of sulfonamides is 1. The Labute approximate surface area is 143 Å². The quantitative estimate of drug-likeness (QED) is 0.432. The first-order valence-corrected chi connectivity index (χ1v) is 8.72. The lowest BCUT2D eigenvalue weighted by Crippen LogP contribution is -2.18. The van der Waals surface area contributed by atoms with Crippen LogP contribution in [0.5, 0.6) is 0 Å². The average Bonchev–Trinajstić information content (AvgIpc) is 2.61. The fourth-order valence-corrected chi connectivity index (χ4v) is 3.07. The Morgan fingerprint density at radius 1 is 0.960 bits per heavy atom. The molecule has 0 amide bonds. The van der Waals surface area contributed by atoms with Crippen LogP contribution in [0, 0.1) is 10.1 Å². The Morgan fingerprint density at radius 2 is 1.64 bits per heavy atom. The predicted octanol–water partition coefficient (Wildman–Crippen LogP) is 3.06. The first-order valence-electron chi connectivity index (χ1n) is 7.24. The van der Waals surface area contributed by atoms with Gasteiger partial charge in [-0.2, -0.15) is 13.5 Å². The highest BCUT2D eigenvalue weighted by atomic mass is 32.2. The molecule has 0 fully saturated rings. The van der Waals surface area contributed by atoms with Gasteiger partial charge in [0.15, 0.2) is 0 Å². The zero-order chi connectivity index (χ0) is 17.9. The minimum absolute atomic E-state index is 0.0473. The lowest BCUT2D eigenvalue weighted by atomic mass is 10.1. The monoisotopic (exact) mass is 355 g/mol. The summed E-state index contributed by atoms with van der Waals surface area (Å²) in [5, 5.41) is 16.0. The van der Waals surface area contributed by atoms with Crippen LogP contribution in [0.3, 0.4) is 0 Å². The molecule has 3 aromatic rings. The number of hydrogen-bond donors (Lipinski definition) is 1. The lowest BCUT2D eigenvalue weighted by Gasteiger charge is -2.05. The van der Waals surface area contributed by atoms with Gasteiger partial charge in [-0.1, -0.05) is 30.3 Å². The van der Waals surface area contributed by atoms with Crippen molar-refractivity contribution in [3.63, 3.8) is 0 Å². The summed E-state index contributed by atoms with van der Waals surface area (Å²) in [7, 11) is -3.80. The third-order valence-corrected chi connectivity index (χ3v) is 4.74. The summed E-state index contributed by atoms with van der Waals surface area (Å²) in [5.74, 6) is 0. The molecule has 0 aromatic heterocycles. The van der Waals surface area contributed by atoms with Gasteiger partial charge in [-0.15, -0.1) is 0 Å². The van der Waals surface area contributed by atoms with Crippen LogP contribution in [0.4, 0.5) is 5.69 Å². The molecule has 0 atom stereocenters. The molecule has 0 aliphatic carbocycles. The summed E-state index contributed by atoms with van der Waals surface area (Å²) < 4.78 is 24.6. The molecule has 0 heterocycles. The number of hydrazone groups is 1. The normalized spacial score (nSPS) is 11.7. The second kappa shape index (κ2) is 6.70. The molecule has 0 unspecified atom stereocenters. The second-order valence-electron chi connectivity index (χ2n) is 5.21. The van der Waals surface area contributed by atoms with E-state index in [0.29, 0.717) is 5.56 Å². The van der Waals surface area contributed by atoms with E-state index in [-0.39, 0.29) is 10.6 Å². The van der Waals surface area contributed by atoms with Crippen molar-refractivity contribution in [2.45, 2.75) is 4.90 Å². The average molecular weight is 355 g/mol. The maximum Gasteiger partial charge on any atom is 0.276 e. The van der Waals surface area contributed by atoms with Gasteiger partial charge in [-0.05, 0) is 40.6 Å². The molecule has 0 saturated heterocycles. The smallest absolute Gasteiger partial charge is 0.258 e. The van der Waals surface area contributed by atoms with Crippen molar-refractivity contribution in [3.8, 4) is 0 Å². The summed E-state index contributed by atoms with van der Waals surface area (Å²) in [6.45, 7) is 0. The van der Waals surface area contributed by atoms with Crippen molar-refractivity contribution in [3.05, 3.63) is 82.4 Å². The van der Waals surface area contributed by atoms with Crippen LogP contribution in [0.2, 0.25) is 0 Å². The Balaban J connectivity index is 1.77. The molecule has 0 aliphatic heterocycles. The van der Waals surface area contributed by atoms with Gasteiger partial charge in [-0.3, -0.25) is 10.1 Å². The largest absolute Gasteiger partial charge is 0.276 e. The molecule has 1 N–H and O–H groups in total. The molecule has 3 rings (SSSR count). The number of fused-ring (bicyclic) bond motifs is 1. The summed E-state index contributed by atoms with van der Waals surface area (Å²) >= 11 is 0. The molecule has 7 nitrogen and oxygen atoms in total. The van der Waals surface area contributed by atoms with E-state index in [4.69, 9.17) is 0 Å².